The second kappa shape index (κ2) is 9.46. The highest BCUT2D eigenvalue weighted by molar-refractivity contribution is 5.99. The number of benzene rings is 2. The van der Waals surface area contributed by atoms with Crippen LogP contribution < -0.4 is 10.1 Å². The van der Waals surface area contributed by atoms with Crippen molar-refractivity contribution in [2.75, 3.05) is 20.3 Å². The van der Waals surface area contributed by atoms with Crippen molar-refractivity contribution in [2.45, 2.75) is 6.42 Å². The highest BCUT2D eigenvalue weighted by Gasteiger charge is 2.18. The van der Waals surface area contributed by atoms with Gasteiger partial charge in [-0.15, -0.1) is 0 Å². The third-order valence-corrected chi connectivity index (χ3v) is 4.27. The van der Waals surface area contributed by atoms with Gasteiger partial charge in [0.1, 0.15) is 11.3 Å². The number of fused-ring (bicyclic) bond motifs is 1. The summed E-state index contributed by atoms with van der Waals surface area (Å²) in [5.41, 5.74) is 0.332. The monoisotopic (exact) mass is 409 g/mol. The Kier molecular flexibility index (Phi) is 6.53. The van der Waals surface area contributed by atoms with Crippen molar-refractivity contribution in [3.05, 3.63) is 76.0 Å². The molecule has 0 fully saturated rings. The molecule has 0 radical (unpaired) electrons. The highest BCUT2D eigenvalue weighted by Crippen LogP contribution is 2.23. The van der Waals surface area contributed by atoms with Crippen LogP contribution in [0.3, 0.4) is 0 Å². The number of non-ortho nitro benzene ring substituents is 1. The maximum Gasteiger partial charge on any atom is 0.338 e. The summed E-state index contributed by atoms with van der Waals surface area (Å²) in [5.74, 6) is -0.638. The number of esters is 1. The molecule has 2 aromatic carbocycles. The molecule has 30 heavy (non-hydrogen) atoms. The number of hydrogen-bond donors (Lipinski definition) is 1. The van der Waals surface area contributed by atoms with Crippen LogP contribution in [0.2, 0.25) is 0 Å². The molecular weight excluding hydrogens is 390 g/mol. The third-order valence-electron chi connectivity index (χ3n) is 4.27. The molecule has 3 rings (SSSR count). The quantitative estimate of drug-likeness (QED) is 0.263. The summed E-state index contributed by atoms with van der Waals surface area (Å²) in [7, 11) is 1.16. The van der Waals surface area contributed by atoms with E-state index in [1.807, 2.05) is 30.3 Å². The first-order valence-corrected chi connectivity index (χ1v) is 9.12. The molecular formula is C21H19N3O6. The van der Waals surface area contributed by atoms with Crippen molar-refractivity contribution in [3.63, 3.8) is 0 Å². The number of nitrogens with one attached hydrogen (secondary N) is 1. The van der Waals surface area contributed by atoms with Crippen molar-refractivity contribution in [1.82, 2.24) is 10.3 Å². The first kappa shape index (κ1) is 20.7. The Labute approximate surface area is 171 Å². The molecule has 1 N–H and O–H groups in total. The second-order valence-corrected chi connectivity index (χ2v) is 6.31. The maximum absolute atomic E-state index is 12.4. The predicted octanol–water partition coefficient (Wildman–Crippen LogP) is 3.13. The van der Waals surface area contributed by atoms with Crippen LogP contribution in [-0.4, -0.2) is 42.0 Å². The molecule has 9 heteroatoms. The summed E-state index contributed by atoms with van der Waals surface area (Å²) in [6.45, 7) is 0.631. The molecule has 0 aliphatic heterocycles. The molecule has 1 heterocycles. The van der Waals surface area contributed by atoms with Gasteiger partial charge in [0.2, 0.25) is 0 Å². The van der Waals surface area contributed by atoms with Crippen LogP contribution in [0.15, 0.2) is 54.7 Å². The van der Waals surface area contributed by atoms with Crippen molar-refractivity contribution < 1.29 is 24.0 Å². The lowest BCUT2D eigenvalue weighted by atomic mass is 10.1. The van der Waals surface area contributed by atoms with E-state index < -0.39 is 16.8 Å². The number of amides is 1. The number of methoxy groups -OCH3 is 1. The Morgan fingerprint density at radius 1 is 1.13 bits per heavy atom. The number of nitro groups is 1. The number of carbonyl (C=O) groups is 2. The van der Waals surface area contributed by atoms with E-state index in [4.69, 9.17) is 4.74 Å². The highest BCUT2D eigenvalue weighted by atomic mass is 16.6. The van der Waals surface area contributed by atoms with Crippen LogP contribution in [0.1, 0.15) is 27.1 Å². The summed E-state index contributed by atoms with van der Waals surface area (Å²) < 4.78 is 10.3. The molecule has 0 aliphatic carbocycles. The fraction of sp³-hybridized carbons (Fsp3) is 0.190. The van der Waals surface area contributed by atoms with Crippen molar-refractivity contribution in [3.8, 4) is 5.75 Å². The summed E-state index contributed by atoms with van der Waals surface area (Å²) in [6.07, 6.45) is 2.20. The predicted molar refractivity (Wildman–Crippen MR) is 109 cm³/mol. The lowest BCUT2D eigenvalue weighted by Gasteiger charge is -2.10. The van der Waals surface area contributed by atoms with E-state index in [0.717, 1.165) is 30.1 Å². The lowest BCUT2D eigenvalue weighted by Crippen LogP contribution is -2.26. The molecule has 0 saturated carbocycles. The summed E-state index contributed by atoms with van der Waals surface area (Å²) in [6, 6.07) is 12.9. The topological polar surface area (TPSA) is 121 Å². The first-order chi connectivity index (χ1) is 14.5. The molecule has 1 amide bonds. The summed E-state index contributed by atoms with van der Waals surface area (Å²) >= 11 is 0. The van der Waals surface area contributed by atoms with E-state index in [9.17, 15) is 19.7 Å². The second-order valence-electron chi connectivity index (χ2n) is 6.31. The Hall–Kier alpha value is -4.01. The molecule has 3 aromatic rings. The molecule has 0 atom stereocenters. The number of nitro benzene ring substituents is 1. The van der Waals surface area contributed by atoms with E-state index >= 15 is 0 Å². The number of ether oxygens (including phenoxy) is 2. The lowest BCUT2D eigenvalue weighted by molar-refractivity contribution is -0.384. The minimum atomic E-state index is -0.759. The average molecular weight is 409 g/mol. The van der Waals surface area contributed by atoms with Gasteiger partial charge in [0.05, 0.1) is 24.2 Å². The zero-order chi connectivity index (χ0) is 21.5. The van der Waals surface area contributed by atoms with E-state index in [1.165, 1.54) is 6.07 Å². The number of carbonyl (C=O) groups excluding carboxylic acids is 2. The minimum Gasteiger partial charge on any atom is -0.491 e. The minimum absolute atomic E-state index is 0.00349. The van der Waals surface area contributed by atoms with Gasteiger partial charge in [-0.05, 0) is 24.6 Å². The summed E-state index contributed by atoms with van der Waals surface area (Å²) in [4.78, 5) is 38.8. The zero-order valence-electron chi connectivity index (χ0n) is 16.2. The normalized spacial score (nSPS) is 10.4. The first-order valence-electron chi connectivity index (χ1n) is 9.12. The van der Waals surface area contributed by atoms with Crippen LogP contribution in [0.5, 0.6) is 5.75 Å². The van der Waals surface area contributed by atoms with Gasteiger partial charge in [-0.25, -0.2) is 4.79 Å². The Morgan fingerprint density at radius 2 is 1.90 bits per heavy atom. The third kappa shape index (κ3) is 4.88. The van der Waals surface area contributed by atoms with E-state index in [1.54, 1.807) is 6.20 Å². The number of para-hydroxylation sites is 1. The molecule has 0 saturated heterocycles. The molecule has 9 nitrogen and oxygen atoms in total. The molecule has 0 aliphatic rings. The van der Waals surface area contributed by atoms with Gasteiger partial charge in [-0.1, -0.05) is 18.2 Å². The average Bonchev–Trinajstić information content (AvgIpc) is 2.77. The van der Waals surface area contributed by atoms with Crippen LogP contribution in [0, 0.1) is 10.1 Å². The number of pyridine rings is 1. The van der Waals surface area contributed by atoms with Crippen molar-refractivity contribution in [2.24, 2.45) is 0 Å². The Morgan fingerprint density at radius 3 is 2.67 bits per heavy atom. The number of rotatable bonds is 8. The van der Waals surface area contributed by atoms with Crippen molar-refractivity contribution in [1.29, 1.82) is 0 Å². The van der Waals surface area contributed by atoms with Crippen molar-refractivity contribution >= 4 is 28.5 Å². The number of hydrogen-bond acceptors (Lipinski definition) is 7. The molecule has 154 valence electrons. The van der Waals surface area contributed by atoms with E-state index in [-0.39, 0.29) is 23.4 Å². The van der Waals surface area contributed by atoms with Gasteiger partial charge < -0.3 is 14.8 Å². The van der Waals surface area contributed by atoms with Crippen LogP contribution >= 0.6 is 0 Å². The van der Waals surface area contributed by atoms with Gasteiger partial charge >= 0.3 is 5.97 Å². The SMILES string of the molecule is COC(=O)c1cc(C(=O)NCCCOc2cccc3cccnc23)cc([N+](=O)[O-])c1. The largest absolute Gasteiger partial charge is 0.491 e. The van der Waals surface area contributed by atoms with Crippen LogP contribution in [-0.2, 0) is 4.74 Å². The smallest absolute Gasteiger partial charge is 0.338 e. The molecule has 0 unspecified atom stereocenters. The zero-order valence-corrected chi connectivity index (χ0v) is 16.2. The molecule has 1 aromatic heterocycles. The van der Waals surface area contributed by atoms with Crippen LogP contribution in [0.25, 0.3) is 10.9 Å². The van der Waals surface area contributed by atoms with Gasteiger partial charge in [-0.3, -0.25) is 19.9 Å². The molecule has 0 spiro atoms. The van der Waals surface area contributed by atoms with E-state index in [0.29, 0.717) is 18.8 Å². The fourth-order valence-electron chi connectivity index (χ4n) is 2.83. The molecule has 0 bridgehead atoms. The van der Waals surface area contributed by atoms with Gasteiger partial charge in [0.15, 0.2) is 0 Å². The van der Waals surface area contributed by atoms with Gasteiger partial charge in [-0.2, -0.15) is 0 Å². The van der Waals surface area contributed by atoms with Gasteiger partial charge in [0, 0.05) is 35.8 Å². The summed E-state index contributed by atoms with van der Waals surface area (Å²) in [5, 5.41) is 14.7. The Bertz CT molecular complexity index is 1090. The standard InChI is InChI=1S/C21H19N3O6/c1-29-21(26)16-11-15(12-17(13-16)24(27)28)20(25)23-9-4-10-30-18-7-2-5-14-6-3-8-22-19(14)18/h2-3,5-8,11-13H,4,9-10H2,1H3,(H,23,25). The van der Waals surface area contributed by atoms with E-state index in [2.05, 4.69) is 15.0 Å². The Balaban J connectivity index is 1.57. The number of nitrogens with zero attached hydrogens (tertiary/aromatic N) is 2. The van der Waals surface area contributed by atoms with Gasteiger partial charge in [0.25, 0.3) is 11.6 Å². The number of aromatic nitrogens is 1. The van der Waals surface area contributed by atoms with Crippen LogP contribution in [0.4, 0.5) is 5.69 Å². The maximum atomic E-state index is 12.4. The fourth-order valence-corrected chi connectivity index (χ4v) is 2.83.